The Morgan fingerprint density at radius 3 is 2.48 bits per heavy atom. The molecule has 3 aromatic rings. The van der Waals surface area contributed by atoms with E-state index in [0.717, 1.165) is 5.56 Å². The van der Waals surface area contributed by atoms with Gasteiger partial charge in [-0.2, -0.15) is 0 Å². The summed E-state index contributed by atoms with van der Waals surface area (Å²) in [5.74, 6) is -0.606. The summed E-state index contributed by atoms with van der Waals surface area (Å²) in [6.07, 6.45) is 1.42. The number of aromatic nitrogens is 1. The van der Waals surface area contributed by atoms with Crippen LogP contribution in [0.2, 0.25) is 5.02 Å². The van der Waals surface area contributed by atoms with Crippen molar-refractivity contribution in [2.45, 2.75) is 6.92 Å². The molecule has 8 nitrogen and oxygen atoms in total. The van der Waals surface area contributed by atoms with E-state index in [2.05, 4.69) is 26.3 Å². The van der Waals surface area contributed by atoms with Crippen molar-refractivity contribution in [2.24, 2.45) is 0 Å². The van der Waals surface area contributed by atoms with Crippen molar-refractivity contribution in [3.63, 3.8) is 0 Å². The zero-order valence-electron chi connectivity index (χ0n) is 16.6. The molecule has 4 N–H and O–H groups in total. The van der Waals surface area contributed by atoms with Gasteiger partial charge in [0.15, 0.2) is 0 Å². The first kappa shape index (κ1) is 21.8. The van der Waals surface area contributed by atoms with Crippen molar-refractivity contribution < 1.29 is 14.4 Å². The summed E-state index contributed by atoms with van der Waals surface area (Å²) in [4.78, 5) is 40.9. The third kappa shape index (κ3) is 6.55. The molecule has 0 fully saturated rings. The van der Waals surface area contributed by atoms with Crippen LogP contribution in [0.5, 0.6) is 0 Å². The minimum atomic E-state index is -0.513. The minimum Gasteiger partial charge on any atom is -0.329 e. The molecule has 0 aliphatic rings. The minimum absolute atomic E-state index is 0.247. The number of carbonyl (C=O) groups excluding carboxylic acids is 3. The maximum Gasteiger partial charge on any atom is 0.319 e. The van der Waals surface area contributed by atoms with Gasteiger partial charge in [-0.3, -0.25) is 9.59 Å². The van der Waals surface area contributed by atoms with Gasteiger partial charge >= 0.3 is 6.03 Å². The predicted octanol–water partition coefficient (Wildman–Crippen LogP) is 4.06. The lowest BCUT2D eigenvalue weighted by Crippen LogP contribution is -2.36. The number of anilines is 3. The van der Waals surface area contributed by atoms with Crippen LogP contribution in [0.25, 0.3) is 0 Å². The SMILES string of the molecule is Cc1cccc(NC(=O)NCC(=O)Nc2ccccc2C(=O)Nc2ccc(Cl)cn2)c1. The van der Waals surface area contributed by atoms with E-state index in [9.17, 15) is 14.4 Å². The number of aryl methyl sites for hydroxylation is 1. The van der Waals surface area contributed by atoms with E-state index in [1.807, 2.05) is 25.1 Å². The Balaban J connectivity index is 1.57. The van der Waals surface area contributed by atoms with E-state index in [-0.39, 0.29) is 12.1 Å². The molecule has 0 saturated heterocycles. The number of hydrogen-bond acceptors (Lipinski definition) is 4. The summed E-state index contributed by atoms with van der Waals surface area (Å²) in [5.41, 5.74) is 2.17. The Labute approximate surface area is 184 Å². The largest absolute Gasteiger partial charge is 0.329 e. The molecule has 1 aromatic heterocycles. The smallest absolute Gasteiger partial charge is 0.319 e. The normalized spacial score (nSPS) is 10.1. The number of hydrogen-bond donors (Lipinski definition) is 4. The zero-order valence-corrected chi connectivity index (χ0v) is 17.4. The molecule has 0 aliphatic heterocycles. The molecule has 0 unspecified atom stereocenters. The van der Waals surface area contributed by atoms with Crippen molar-refractivity contribution in [3.8, 4) is 0 Å². The van der Waals surface area contributed by atoms with Crippen LogP contribution in [0.4, 0.5) is 22.0 Å². The number of urea groups is 1. The summed E-state index contributed by atoms with van der Waals surface area (Å²) >= 11 is 5.79. The van der Waals surface area contributed by atoms with Gasteiger partial charge in [-0.05, 0) is 48.9 Å². The molecule has 0 atom stereocenters. The summed E-state index contributed by atoms with van der Waals surface area (Å²) in [6.45, 7) is 1.64. The van der Waals surface area contributed by atoms with E-state index in [1.54, 1.807) is 42.5 Å². The van der Waals surface area contributed by atoms with E-state index in [0.29, 0.717) is 22.2 Å². The van der Waals surface area contributed by atoms with Gasteiger partial charge in [-0.1, -0.05) is 35.9 Å². The van der Waals surface area contributed by atoms with Gasteiger partial charge < -0.3 is 21.3 Å². The Hall–Kier alpha value is -3.91. The van der Waals surface area contributed by atoms with Crippen molar-refractivity contribution in [3.05, 3.63) is 83.0 Å². The molecule has 0 bridgehead atoms. The number of benzene rings is 2. The van der Waals surface area contributed by atoms with Crippen LogP contribution in [-0.2, 0) is 4.79 Å². The molecule has 3 rings (SSSR count). The molecule has 1 heterocycles. The standard InChI is InChI=1S/C22H20ClN5O3/c1-14-5-4-6-16(11-14)26-22(31)25-13-20(29)27-18-8-3-2-7-17(18)21(30)28-19-10-9-15(23)12-24-19/h2-12H,13H2,1H3,(H,27,29)(H,24,28,30)(H2,25,26,31). The number of nitrogens with one attached hydrogen (secondary N) is 4. The number of pyridine rings is 1. The third-order valence-electron chi connectivity index (χ3n) is 4.10. The van der Waals surface area contributed by atoms with Crippen LogP contribution < -0.4 is 21.3 Å². The lowest BCUT2D eigenvalue weighted by atomic mass is 10.1. The molecule has 0 saturated carbocycles. The van der Waals surface area contributed by atoms with Gasteiger partial charge in [0.05, 0.1) is 22.8 Å². The van der Waals surface area contributed by atoms with Gasteiger partial charge in [0.25, 0.3) is 5.91 Å². The van der Waals surface area contributed by atoms with Gasteiger partial charge in [0.2, 0.25) is 5.91 Å². The Bertz CT molecular complexity index is 1100. The van der Waals surface area contributed by atoms with Crippen molar-refractivity contribution in [1.29, 1.82) is 0 Å². The number of rotatable bonds is 6. The van der Waals surface area contributed by atoms with Crippen LogP contribution in [0.15, 0.2) is 66.9 Å². The molecule has 0 radical (unpaired) electrons. The summed E-state index contributed by atoms with van der Waals surface area (Å²) in [5, 5.41) is 10.9. The van der Waals surface area contributed by atoms with Crippen LogP contribution >= 0.6 is 11.6 Å². The topological polar surface area (TPSA) is 112 Å². The molecular weight excluding hydrogens is 418 g/mol. The highest BCUT2D eigenvalue weighted by molar-refractivity contribution is 6.30. The van der Waals surface area contributed by atoms with E-state index < -0.39 is 17.8 Å². The van der Waals surface area contributed by atoms with Gasteiger partial charge in [-0.15, -0.1) is 0 Å². The number of halogens is 1. The van der Waals surface area contributed by atoms with Crippen molar-refractivity contribution in [1.82, 2.24) is 10.3 Å². The lowest BCUT2D eigenvalue weighted by Gasteiger charge is -2.12. The second-order valence-electron chi connectivity index (χ2n) is 6.59. The van der Waals surface area contributed by atoms with Crippen molar-refractivity contribution in [2.75, 3.05) is 22.5 Å². The molecule has 158 valence electrons. The quantitative estimate of drug-likeness (QED) is 0.466. The van der Waals surface area contributed by atoms with E-state index in [1.165, 1.54) is 6.20 Å². The first-order chi connectivity index (χ1) is 14.9. The lowest BCUT2D eigenvalue weighted by molar-refractivity contribution is -0.115. The highest BCUT2D eigenvalue weighted by atomic mass is 35.5. The Morgan fingerprint density at radius 2 is 1.74 bits per heavy atom. The first-order valence-electron chi connectivity index (χ1n) is 9.34. The molecule has 0 aliphatic carbocycles. The van der Waals surface area contributed by atoms with E-state index >= 15 is 0 Å². The summed E-state index contributed by atoms with van der Waals surface area (Å²) < 4.78 is 0. The maximum atomic E-state index is 12.6. The van der Waals surface area contributed by atoms with Crippen LogP contribution in [0.1, 0.15) is 15.9 Å². The maximum absolute atomic E-state index is 12.6. The Morgan fingerprint density at radius 1 is 0.935 bits per heavy atom. The highest BCUT2D eigenvalue weighted by Gasteiger charge is 2.14. The molecule has 0 spiro atoms. The Kier molecular flexibility index (Phi) is 7.18. The van der Waals surface area contributed by atoms with E-state index in [4.69, 9.17) is 11.6 Å². The fraction of sp³-hybridized carbons (Fsp3) is 0.0909. The van der Waals surface area contributed by atoms with Crippen LogP contribution in [0, 0.1) is 6.92 Å². The molecule has 9 heteroatoms. The fourth-order valence-electron chi connectivity index (χ4n) is 2.68. The zero-order chi connectivity index (χ0) is 22.2. The summed E-state index contributed by atoms with van der Waals surface area (Å²) in [6, 6.07) is 16.5. The monoisotopic (exact) mass is 437 g/mol. The average molecular weight is 438 g/mol. The van der Waals surface area contributed by atoms with Crippen LogP contribution in [-0.4, -0.2) is 29.4 Å². The van der Waals surface area contributed by atoms with Gasteiger partial charge in [-0.25, -0.2) is 9.78 Å². The fourth-order valence-corrected chi connectivity index (χ4v) is 2.79. The summed E-state index contributed by atoms with van der Waals surface area (Å²) in [7, 11) is 0. The van der Waals surface area contributed by atoms with Gasteiger partial charge in [0.1, 0.15) is 5.82 Å². The predicted molar refractivity (Wildman–Crippen MR) is 120 cm³/mol. The number of nitrogens with zero attached hydrogens (tertiary/aromatic N) is 1. The molecule has 2 aromatic carbocycles. The number of amides is 4. The highest BCUT2D eigenvalue weighted by Crippen LogP contribution is 2.17. The second-order valence-corrected chi connectivity index (χ2v) is 7.02. The second kappa shape index (κ2) is 10.2. The average Bonchev–Trinajstić information content (AvgIpc) is 2.74. The molecule has 31 heavy (non-hydrogen) atoms. The number of carbonyl (C=O) groups is 3. The third-order valence-corrected chi connectivity index (χ3v) is 4.32. The molecule has 4 amide bonds. The number of para-hydroxylation sites is 1. The molecular formula is C22H20ClN5O3. The first-order valence-corrected chi connectivity index (χ1v) is 9.72. The van der Waals surface area contributed by atoms with Crippen molar-refractivity contribution >= 4 is 46.6 Å². The van der Waals surface area contributed by atoms with Gasteiger partial charge in [0, 0.05) is 11.9 Å². The van der Waals surface area contributed by atoms with Crippen LogP contribution in [0.3, 0.4) is 0 Å².